The standard InChI is InChI=1S/C13H12N2O3S/c16-9-10-1-3-11(4-2-10)12-7-14-15(8-12)19(17,18)13-5-6-13/h1-4,7-9,13H,5-6H2. The van der Waals surface area contributed by atoms with Crippen LogP contribution in [-0.2, 0) is 10.0 Å². The van der Waals surface area contributed by atoms with E-state index in [0.29, 0.717) is 18.4 Å². The molecule has 0 saturated heterocycles. The molecule has 3 rings (SSSR count). The zero-order valence-corrected chi connectivity index (χ0v) is 10.9. The highest BCUT2D eigenvalue weighted by atomic mass is 32.2. The van der Waals surface area contributed by atoms with Gasteiger partial charge in [0.15, 0.2) is 0 Å². The smallest absolute Gasteiger partial charge is 0.256 e. The van der Waals surface area contributed by atoms with Gasteiger partial charge in [-0.15, -0.1) is 0 Å². The molecule has 1 fully saturated rings. The van der Waals surface area contributed by atoms with Gasteiger partial charge in [-0.1, -0.05) is 24.3 Å². The number of aromatic nitrogens is 2. The van der Waals surface area contributed by atoms with E-state index in [4.69, 9.17) is 0 Å². The van der Waals surface area contributed by atoms with Gasteiger partial charge in [0.2, 0.25) is 0 Å². The lowest BCUT2D eigenvalue weighted by atomic mass is 10.1. The predicted octanol–water partition coefficient (Wildman–Crippen LogP) is 1.70. The van der Waals surface area contributed by atoms with Crippen molar-refractivity contribution in [3.8, 4) is 11.1 Å². The molecule has 0 amide bonds. The summed E-state index contributed by atoms with van der Waals surface area (Å²) in [5.41, 5.74) is 2.14. The fourth-order valence-electron chi connectivity index (χ4n) is 1.87. The van der Waals surface area contributed by atoms with Gasteiger partial charge in [0, 0.05) is 11.1 Å². The Labute approximate surface area is 110 Å². The summed E-state index contributed by atoms with van der Waals surface area (Å²) in [6, 6.07) is 6.92. The van der Waals surface area contributed by atoms with Crippen LogP contribution in [0.15, 0.2) is 36.7 Å². The number of aldehydes is 1. The van der Waals surface area contributed by atoms with Crippen molar-refractivity contribution in [2.45, 2.75) is 18.1 Å². The fourth-order valence-corrected chi connectivity index (χ4v) is 3.34. The van der Waals surface area contributed by atoms with E-state index < -0.39 is 10.0 Å². The summed E-state index contributed by atoms with van der Waals surface area (Å²) in [6.07, 6.45) is 5.24. The molecule has 6 heteroatoms. The molecule has 1 heterocycles. The molecule has 0 bridgehead atoms. The van der Waals surface area contributed by atoms with Gasteiger partial charge in [-0.2, -0.15) is 9.19 Å². The van der Waals surface area contributed by atoms with Crippen LogP contribution in [0.4, 0.5) is 0 Å². The molecule has 0 N–H and O–H groups in total. The van der Waals surface area contributed by atoms with Gasteiger partial charge >= 0.3 is 0 Å². The van der Waals surface area contributed by atoms with Gasteiger partial charge in [0.1, 0.15) is 6.29 Å². The van der Waals surface area contributed by atoms with E-state index in [-0.39, 0.29) is 5.25 Å². The minimum absolute atomic E-state index is 0.280. The van der Waals surface area contributed by atoms with E-state index in [1.165, 1.54) is 12.4 Å². The Hall–Kier alpha value is -1.95. The van der Waals surface area contributed by atoms with E-state index in [0.717, 1.165) is 21.5 Å². The number of carbonyl (C=O) groups is 1. The summed E-state index contributed by atoms with van der Waals surface area (Å²) in [5.74, 6) is 0. The van der Waals surface area contributed by atoms with Crippen molar-refractivity contribution in [3.63, 3.8) is 0 Å². The molecule has 0 atom stereocenters. The molecule has 98 valence electrons. The first-order chi connectivity index (χ1) is 9.11. The second-order valence-electron chi connectivity index (χ2n) is 4.59. The Kier molecular flexibility index (Phi) is 2.74. The molecule has 19 heavy (non-hydrogen) atoms. The zero-order chi connectivity index (χ0) is 13.5. The normalized spacial score (nSPS) is 15.4. The van der Waals surface area contributed by atoms with Crippen molar-refractivity contribution in [2.75, 3.05) is 0 Å². The average Bonchev–Trinajstić information content (AvgIpc) is 3.17. The Morgan fingerprint density at radius 1 is 1.16 bits per heavy atom. The largest absolute Gasteiger partial charge is 0.298 e. The van der Waals surface area contributed by atoms with Crippen LogP contribution < -0.4 is 0 Å². The number of nitrogens with zero attached hydrogens (tertiary/aromatic N) is 2. The van der Waals surface area contributed by atoms with Gasteiger partial charge in [-0.05, 0) is 18.4 Å². The minimum Gasteiger partial charge on any atom is -0.298 e. The maximum atomic E-state index is 12.0. The number of benzene rings is 1. The summed E-state index contributed by atoms with van der Waals surface area (Å²) < 4.78 is 25.0. The lowest BCUT2D eigenvalue weighted by molar-refractivity contribution is 0.112. The van der Waals surface area contributed by atoms with E-state index in [9.17, 15) is 13.2 Å². The number of carbonyl (C=O) groups excluding carboxylic acids is 1. The van der Waals surface area contributed by atoms with E-state index in [1.807, 2.05) is 0 Å². The van der Waals surface area contributed by atoms with Crippen molar-refractivity contribution < 1.29 is 13.2 Å². The quantitative estimate of drug-likeness (QED) is 0.797. The molecule has 0 spiro atoms. The third-order valence-electron chi connectivity index (χ3n) is 3.15. The van der Waals surface area contributed by atoms with Crippen molar-refractivity contribution in [3.05, 3.63) is 42.2 Å². The molecule has 5 nitrogen and oxygen atoms in total. The maximum absolute atomic E-state index is 12.0. The monoisotopic (exact) mass is 276 g/mol. The summed E-state index contributed by atoms with van der Waals surface area (Å²) in [6.45, 7) is 0. The Balaban J connectivity index is 1.94. The van der Waals surface area contributed by atoms with Crippen molar-refractivity contribution in [1.82, 2.24) is 9.19 Å². The molecule has 0 aliphatic heterocycles. The molecule has 1 aromatic heterocycles. The molecule has 1 aliphatic carbocycles. The molecule has 0 radical (unpaired) electrons. The van der Waals surface area contributed by atoms with Crippen molar-refractivity contribution >= 4 is 16.3 Å². The van der Waals surface area contributed by atoms with Crippen molar-refractivity contribution in [2.24, 2.45) is 0 Å². The summed E-state index contributed by atoms with van der Waals surface area (Å²) in [5, 5.41) is 3.65. The second kappa shape index (κ2) is 4.31. The third kappa shape index (κ3) is 2.19. The van der Waals surface area contributed by atoms with Crippen LogP contribution in [0.25, 0.3) is 11.1 Å². The molecule has 1 saturated carbocycles. The van der Waals surface area contributed by atoms with Crippen LogP contribution >= 0.6 is 0 Å². The highest BCUT2D eigenvalue weighted by Crippen LogP contribution is 2.30. The van der Waals surface area contributed by atoms with Crippen LogP contribution in [-0.4, -0.2) is 29.1 Å². The molecular formula is C13H12N2O3S. The Morgan fingerprint density at radius 2 is 1.84 bits per heavy atom. The second-order valence-corrected chi connectivity index (χ2v) is 6.66. The fraction of sp³-hybridized carbons (Fsp3) is 0.231. The van der Waals surface area contributed by atoms with Gasteiger partial charge in [-0.3, -0.25) is 4.79 Å². The Bertz CT molecular complexity index is 713. The van der Waals surface area contributed by atoms with Crippen LogP contribution in [0.3, 0.4) is 0 Å². The average molecular weight is 276 g/mol. The number of hydrogen-bond acceptors (Lipinski definition) is 4. The van der Waals surface area contributed by atoms with Gasteiger partial charge in [0.05, 0.1) is 17.6 Å². The summed E-state index contributed by atoms with van der Waals surface area (Å²) in [7, 11) is -3.32. The van der Waals surface area contributed by atoms with Crippen LogP contribution in [0.2, 0.25) is 0 Å². The summed E-state index contributed by atoms with van der Waals surface area (Å²) >= 11 is 0. The van der Waals surface area contributed by atoms with Crippen LogP contribution in [0.1, 0.15) is 23.2 Å². The summed E-state index contributed by atoms with van der Waals surface area (Å²) in [4.78, 5) is 10.6. The van der Waals surface area contributed by atoms with E-state index in [2.05, 4.69) is 5.10 Å². The van der Waals surface area contributed by atoms with E-state index in [1.54, 1.807) is 24.3 Å². The van der Waals surface area contributed by atoms with Crippen LogP contribution in [0, 0.1) is 0 Å². The van der Waals surface area contributed by atoms with E-state index >= 15 is 0 Å². The Morgan fingerprint density at radius 3 is 2.42 bits per heavy atom. The van der Waals surface area contributed by atoms with Gasteiger partial charge < -0.3 is 0 Å². The lowest BCUT2D eigenvalue weighted by Crippen LogP contribution is -2.17. The van der Waals surface area contributed by atoms with Gasteiger partial charge in [-0.25, -0.2) is 8.42 Å². The lowest BCUT2D eigenvalue weighted by Gasteiger charge is -2.00. The maximum Gasteiger partial charge on any atom is 0.256 e. The van der Waals surface area contributed by atoms with Crippen LogP contribution in [0.5, 0.6) is 0 Å². The zero-order valence-electron chi connectivity index (χ0n) is 10.1. The topological polar surface area (TPSA) is 69.0 Å². The SMILES string of the molecule is O=Cc1ccc(-c2cnn(S(=O)(=O)C3CC3)c2)cc1. The first kappa shape index (κ1) is 12.1. The molecule has 0 unspecified atom stereocenters. The van der Waals surface area contributed by atoms with Gasteiger partial charge in [0.25, 0.3) is 10.0 Å². The molecule has 2 aromatic rings. The molecule has 1 aliphatic rings. The van der Waals surface area contributed by atoms with Crippen molar-refractivity contribution in [1.29, 1.82) is 0 Å². The molecule has 1 aromatic carbocycles. The molecular weight excluding hydrogens is 264 g/mol. The first-order valence-electron chi connectivity index (χ1n) is 5.96. The minimum atomic E-state index is -3.32. The predicted molar refractivity (Wildman–Crippen MR) is 70.4 cm³/mol. The highest BCUT2D eigenvalue weighted by molar-refractivity contribution is 7.90. The first-order valence-corrected chi connectivity index (χ1v) is 7.46. The highest BCUT2D eigenvalue weighted by Gasteiger charge is 2.37. The number of hydrogen-bond donors (Lipinski definition) is 0. The third-order valence-corrected chi connectivity index (χ3v) is 5.18. The number of rotatable bonds is 4.